The van der Waals surface area contributed by atoms with E-state index in [2.05, 4.69) is 11.4 Å². The van der Waals surface area contributed by atoms with Crippen molar-refractivity contribution >= 4 is 28.2 Å². The second-order valence-electron chi connectivity index (χ2n) is 6.69. The number of piperidine rings is 1. The summed E-state index contributed by atoms with van der Waals surface area (Å²) in [7, 11) is 0. The molecule has 1 aromatic heterocycles. The molecule has 0 aromatic carbocycles. The van der Waals surface area contributed by atoms with E-state index in [1.54, 1.807) is 0 Å². The molecule has 1 aliphatic carbocycles. The van der Waals surface area contributed by atoms with Crippen LogP contribution in [0.15, 0.2) is 0 Å². The van der Waals surface area contributed by atoms with Gasteiger partial charge >= 0.3 is 0 Å². The number of nitrogens with one attached hydrogen (secondary N) is 1. The molecule has 2 aliphatic rings. The highest BCUT2D eigenvalue weighted by Crippen LogP contribution is 2.35. The molecule has 1 aromatic rings. The van der Waals surface area contributed by atoms with E-state index in [1.807, 2.05) is 18.7 Å². The molecule has 0 radical (unpaired) electrons. The first-order valence-corrected chi connectivity index (χ1v) is 9.48. The summed E-state index contributed by atoms with van der Waals surface area (Å²) in [4.78, 5) is 27.8. The predicted octanol–water partition coefficient (Wildman–Crippen LogP) is 3.08. The van der Waals surface area contributed by atoms with E-state index in [0.717, 1.165) is 49.1 Å². The zero-order chi connectivity index (χ0) is 17.3. The molecular weight excluding hydrogens is 322 g/mol. The van der Waals surface area contributed by atoms with E-state index in [9.17, 15) is 14.9 Å². The zero-order valence-corrected chi connectivity index (χ0v) is 15.0. The second-order valence-corrected chi connectivity index (χ2v) is 7.92. The maximum atomic E-state index is 12.6. The number of amides is 2. The molecule has 1 saturated carbocycles. The van der Waals surface area contributed by atoms with Crippen molar-refractivity contribution in [3.05, 3.63) is 16.0 Å². The lowest BCUT2D eigenvalue weighted by Gasteiger charge is -2.32. The van der Waals surface area contributed by atoms with Gasteiger partial charge in [-0.3, -0.25) is 9.59 Å². The van der Waals surface area contributed by atoms with Gasteiger partial charge in [-0.15, -0.1) is 11.3 Å². The third-order valence-electron chi connectivity index (χ3n) is 4.94. The van der Waals surface area contributed by atoms with Crippen LogP contribution in [0.1, 0.15) is 48.6 Å². The van der Waals surface area contributed by atoms with Gasteiger partial charge < -0.3 is 10.2 Å². The Balaban J connectivity index is 1.68. The second kappa shape index (κ2) is 6.94. The summed E-state index contributed by atoms with van der Waals surface area (Å²) in [6, 6.07) is 2.23. The van der Waals surface area contributed by atoms with Gasteiger partial charge in [-0.1, -0.05) is 6.92 Å². The van der Waals surface area contributed by atoms with Crippen LogP contribution in [0.2, 0.25) is 0 Å². The van der Waals surface area contributed by atoms with Crippen LogP contribution < -0.4 is 5.32 Å². The zero-order valence-electron chi connectivity index (χ0n) is 14.2. The number of hydrogen-bond donors (Lipinski definition) is 1. The molecule has 0 bridgehead atoms. The molecular formula is C18H23N3O2S. The van der Waals surface area contributed by atoms with Crippen molar-refractivity contribution in [1.29, 1.82) is 5.26 Å². The van der Waals surface area contributed by atoms with Gasteiger partial charge in [0.05, 0.1) is 11.5 Å². The van der Waals surface area contributed by atoms with Crippen LogP contribution in [0.5, 0.6) is 0 Å². The van der Waals surface area contributed by atoms with Crippen molar-refractivity contribution < 1.29 is 9.59 Å². The van der Waals surface area contributed by atoms with Crippen molar-refractivity contribution in [2.45, 2.75) is 46.0 Å². The van der Waals surface area contributed by atoms with Crippen LogP contribution >= 0.6 is 11.3 Å². The van der Waals surface area contributed by atoms with Crippen molar-refractivity contribution in [3.63, 3.8) is 0 Å². The Morgan fingerprint density at radius 1 is 1.33 bits per heavy atom. The average Bonchev–Trinajstić information content (AvgIpc) is 3.38. The lowest BCUT2D eigenvalue weighted by molar-refractivity contribution is -0.135. The molecule has 2 fully saturated rings. The highest BCUT2D eigenvalue weighted by atomic mass is 32.1. The predicted molar refractivity (Wildman–Crippen MR) is 93.8 cm³/mol. The maximum absolute atomic E-state index is 12.6. The Bertz CT molecular complexity index is 700. The lowest BCUT2D eigenvalue weighted by atomic mass is 9.96. The summed E-state index contributed by atoms with van der Waals surface area (Å²) in [5, 5.41) is 13.0. The minimum Gasteiger partial charge on any atom is -0.342 e. The van der Waals surface area contributed by atoms with Crippen LogP contribution in [-0.2, 0) is 16.0 Å². The molecule has 1 aliphatic heterocycles. The smallest absolute Gasteiger partial charge is 0.229 e. The Morgan fingerprint density at radius 3 is 2.71 bits per heavy atom. The fourth-order valence-corrected chi connectivity index (χ4v) is 4.50. The number of nitrogens with zero attached hydrogens (tertiary/aromatic N) is 2. The van der Waals surface area contributed by atoms with Gasteiger partial charge in [-0.25, -0.2) is 0 Å². The van der Waals surface area contributed by atoms with Crippen LogP contribution in [0.25, 0.3) is 0 Å². The van der Waals surface area contributed by atoms with Gasteiger partial charge in [-0.05, 0) is 44.6 Å². The van der Waals surface area contributed by atoms with E-state index < -0.39 is 0 Å². The summed E-state index contributed by atoms with van der Waals surface area (Å²) >= 11 is 1.47. The number of thiophene rings is 1. The molecule has 0 unspecified atom stereocenters. The molecule has 6 heteroatoms. The number of rotatable bonds is 4. The van der Waals surface area contributed by atoms with E-state index in [-0.39, 0.29) is 23.7 Å². The summed E-state index contributed by atoms with van der Waals surface area (Å²) < 4.78 is 0. The molecule has 1 N–H and O–H groups in total. The van der Waals surface area contributed by atoms with Gasteiger partial charge in [-0.2, -0.15) is 5.26 Å². The molecule has 128 valence electrons. The quantitative estimate of drug-likeness (QED) is 0.911. The first-order valence-electron chi connectivity index (χ1n) is 8.67. The van der Waals surface area contributed by atoms with Crippen molar-refractivity contribution in [2.75, 3.05) is 18.4 Å². The Kier molecular flexibility index (Phi) is 4.91. The molecule has 5 nitrogen and oxygen atoms in total. The van der Waals surface area contributed by atoms with Gasteiger partial charge in [0.1, 0.15) is 11.1 Å². The minimum absolute atomic E-state index is 0.0660. The van der Waals surface area contributed by atoms with Crippen molar-refractivity contribution in [2.24, 2.45) is 11.8 Å². The summed E-state index contributed by atoms with van der Waals surface area (Å²) in [5.74, 6) is 0.165. The molecule has 2 heterocycles. The number of anilines is 1. The van der Waals surface area contributed by atoms with E-state index in [0.29, 0.717) is 17.1 Å². The number of aryl methyl sites for hydroxylation is 1. The summed E-state index contributed by atoms with van der Waals surface area (Å²) in [6.45, 7) is 5.27. The van der Waals surface area contributed by atoms with Crippen molar-refractivity contribution in [1.82, 2.24) is 4.90 Å². The van der Waals surface area contributed by atoms with Gasteiger partial charge in [0.2, 0.25) is 11.8 Å². The van der Waals surface area contributed by atoms with Gasteiger partial charge in [0.25, 0.3) is 0 Å². The number of hydrogen-bond acceptors (Lipinski definition) is 4. The third-order valence-corrected chi connectivity index (χ3v) is 6.00. The number of carbonyl (C=O) groups is 2. The fourth-order valence-electron chi connectivity index (χ4n) is 3.40. The third kappa shape index (κ3) is 3.32. The van der Waals surface area contributed by atoms with Crippen molar-refractivity contribution in [3.8, 4) is 6.07 Å². The van der Waals surface area contributed by atoms with Gasteiger partial charge in [0.15, 0.2) is 0 Å². The molecule has 3 rings (SSSR count). The highest BCUT2D eigenvalue weighted by molar-refractivity contribution is 7.16. The SMILES string of the molecule is CCc1c(C)sc(NC(=O)[C@H]2CCCN(C(=O)C3CC3)C2)c1C#N. The molecule has 1 atom stereocenters. The standard InChI is InChI=1S/C18H23N3O2S/c1-3-14-11(2)24-17(15(14)9-19)20-16(22)13-5-4-8-21(10-13)18(23)12-6-7-12/h12-13H,3-8,10H2,1-2H3,(H,20,22)/t13-/m0/s1. The van der Waals surface area contributed by atoms with Crippen LogP contribution in [0.4, 0.5) is 5.00 Å². The Hall–Kier alpha value is -1.87. The highest BCUT2D eigenvalue weighted by Gasteiger charge is 2.36. The first-order chi connectivity index (χ1) is 11.5. The average molecular weight is 345 g/mol. The topological polar surface area (TPSA) is 73.2 Å². The van der Waals surface area contributed by atoms with Gasteiger partial charge in [0, 0.05) is 23.9 Å². The maximum Gasteiger partial charge on any atom is 0.229 e. The Labute approximate surface area is 146 Å². The monoisotopic (exact) mass is 345 g/mol. The first kappa shape index (κ1) is 17.0. The minimum atomic E-state index is -0.180. The van der Waals surface area contributed by atoms with E-state index in [4.69, 9.17) is 0 Å². The molecule has 24 heavy (non-hydrogen) atoms. The number of likely N-dealkylation sites (tertiary alicyclic amines) is 1. The van der Waals surface area contributed by atoms with Crippen LogP contribution in [0, 0.1) is 30.1 Å². The van der Waals surface area contributed by atoms with E-state index >= 15 is 0 Å². The lowest BCUT2D eigenvalue weighted by Crippen LogP contribution is -2.44. The largest absolute Gasteiger partial charge is 0.342 e. The fraction of sp³-hybridized carbons (Fsp3) is 0.611. The van der Waals surface area contributed by atoms with Crippen LogP contribution in [-0.4, -0.2) is 29.8 Å². The number of nitriles is 1. The van der Waals surface area contributed by atoms with Crippen LogP contribution in [0.3, 0.4) is 0 Å². The molecule has 0 spiro atoms. The molecule has 2 amide bonds. The molecule has 1 saturated heterocycles. The normalized spacial score (nSPS) is 20.5. The van der Waals surface area contributed by atoms with E-state index in [1.165, 1.54) is 11.3 Å². The summed E-state index contributed by atoms with van der Waals surface area (Å²) in [6.07, 6.45) is 4.44. The number of carbonyl (C=O) groups excluding carboxylic acids is 2. The Morgan fingerprint density at radius 2 is 2.08 bits per heavy atom. The summed E-state index contributed by atoms with van der Waals surface area (Å²) in [5.41, 5.74) is 1.61.